The van der Waals surface area contributed by atoms with E-state index in [0.717, 1.165) is 22.8 Å². The normalized spacial score (nSPS) is 20.0. The van der Waals surface area contributed by atoms with Crippen molar-refractivity contribution < 1.29 is 14.2 Å². The fourth-order valence-electron chi connectivity index (χ4n) is 4.48. The molecule has 2 aliphatic rings. The molecule has 25 heavy (non-hydrogen) atoms. The Morgan fingerprint density at radius 2 is 1.48 bits per heavy atom. The van der Waals surface area contributed by atoms with Gasteiger partial charge in [0.15, 0.2) is 6.79 Å². The summed E-state index contributed by atoms with van der Waals surface area (Å²) in [7, 11) is 3.24. The van der Waals surface area contributed by atoms with E-state index in [1.165, 1.54) is 69.5 Å². The second-order valence-corrected chi connectivity index (χ2v) is 10.1. The fraction of sp³-hybridized carbons (Fsp3) is 0.714. The Balaban J connectivity index is 1.94. The number of hydrogen-bond acceptors (Lipinski definition) is 3. The quantitative estimate of drug-likeness (QED) is 0.476. The molecule has 3 rings (SSSR count). The highest BCUT2D eigenvalue weighted by Gasteiger charge is 2.34. The maximum atomic E-state index is 5.99. The summed E-state index contributed by atoms with van der Waals surface area (Å²) in [5.41, 5.74) is 1.70. The van der Waals surface area contributed by atoms with Crippen molar-refractivity contribution in [2.45, 2.75) is 75.5 Å². The molecule has 140 valence electrons. The monoisotopic (exact) mass is 364 g/mol. The Morgan fingerprint density at radius 3 is 2.00 bits per heavy atom. The molecule has 1 aromatic carbocycles. The first kappa shape index (κ1) is 19.0. The highest BCUT2D eigenvalue weighted by Crippen LogP contribution is 2.56. The van der Waals surface area contributed by atoms with Gasteiger partial charge in [0.25, 0.3) is 0 Å². The lowest BCUT2D eigenvalue weighted by Gasteiger charge is -2.39. The summed E-state index contributed by atoms with van der Waals surface area (Å²) in [5.74, 6) is 1.98. The molecule has 2 saturated carbocycles. The third kappa shape index (κ3) is 4.89. The van der Waals surface area contributed by atoms with Gasteiger partial charge in [0.1, 0.15) is 11.5 Å². The molecule has 0 N–H and O–H groups in total. The molecule has 0 atom stereocenters. The topological polar surface area (TPSA) is 27.7 Å². The molecule has 3 nitrogen and oxygen atoms in total. The number of hydrogen-bond donors (Lipinski definition) is 0. The summed E-state index contributed by atoms with van der Waals surface area (Å²) in [4.78, 5) is 0. The minimum atomic E-state index is -0.212. The molecule has 0 heterocycles. The average Bonchev–Trinajstić information content (AvgIpc) is 2.69. The lowest BCUT2D eigenvalue weighted by atomic mass is 9.99. The van der Waals surface area contributed by atoms with Crippen LogP contribution in [0.2, 0.25) is 0 Å². The van der Waals surface area contributed by atoms with E-state index in [4.69, 9.17) is 14.2 Å². The second-order valence-electron chi connectivity index (χ2n) is 7.38. The van der Waals surface area contributed by atoms with Crippen LogP contribution in [0.25, 0.3) is 0 Å². The molecule has 0 aliphatic heterocycles. The standard InChI is InChI=1S/C21H33O3P/c1-22-16-24-20-14-13-17(23-2)15-21(20)25(18-9-5-3-6-10-18)19-11-7-4-8-12-19/h13-15,18-19H,3-12,16H2,1-2H3. The highest BCUT2D eigenvalue weighted by atomic mass is 31.1. The summed E-state index contributed by atoms with van der Waals surface area (Å²) < 4.78 is 16.7. The Kier molecular flexibility index (Phi) is 7.43. The first-order valence-electron chi connectivity index (χ1n) is 9.91. The SMILES string of the molecule is COCOc1ccc(OC)cc1P(C1CCCCC1)C1CCCCC1. The van der Waals surface area contributed by atoms with Gasteiger partial charge >= 0.3 is 0 Å². The lowest BCUT2D eigenvalue weighted by molar-refractivity contribution is 0.0518. The van der Waals surface area contributed by atoms with Crippen molar-refractivity contribution in [1.82, 2.24) is 0 Å². The van der Waals surface area contributed by atoms with Gasteiger partial charge in [-0.3, -0.25) is 0 Å². The predicted molar refractivity (Wildman–Crippen MR) is 106 cm³/mol. The van der Waals surface area contributed by atoms with Gasteiger partial charge in [-0.15, -0.1) is 0 Å². The van der Waals surface area contributed by atoms with Crippen LogP contribution in [-0.4, -0.2) is 32.3 Å². The molecular formula is C21H33O3P. The highest BCUT2D eigenvalue weighted by molar-refractivity contribution is 7.67. The number of rotatable bonds is 7. The number of methoxy groups -OCH3 is 2. The van der Waals surface area contributed by atoms with Gasteiger partial charge in [-0.1, -0.05) is 46.4 Å². The van der Waals surface area contributed by atoms with Crippen molar-refractivity contribution in [2.24, 2.45) is 0 Å². The van der Waals surface area contributed by atoms with E-state index in [-0.39, 0.29) is 7.92 Å². The Hall–Kier alpha value is -0.790. The maximum absolute atomic E-state index is 5.99. The van der Waals surface area contributed by atoms with Crippen molar-refractivity contribution in [3.8, 4) is 11.5 Å². The van der Waals surface area contributed by atoms with E-state index in [1.54, 1.807) is 14.2 Å². The van der Waals surface area contributed by atoms with E-state index >= 15 is 0 Å². The molecule has 1 aromatic rings. The van der Waals surface area contributed by atoms with Crippen molar-refractivity contribution in [1.29, 1.82) is 0 Å². The van der Waals surface area contributed by atoms with Crippen molar-refractivity contribution in [2.75, 3.05) is 21.0 Å². The molecule has 0 radical (unpaired) electrons. The average molecular weight is 364 g/mol. The summed E-state index contributed by atoms with van der Waals surface area (Å²) in [6.07, 6.45) is 14.0. The van der Waals surface area contributed by atoms with Crippen LogP contribution in [0.4, 0.5) is 0 Å². The van der Waals surface area contributed by atoms with Gasteiger partial charge < -0.3 is 14.2 Å². The fourth-order valence-corrected chi connectivity index (χ4v) is 8.38. The van der Waals surface area contributed by atoms with Crippen molar-refractivity contribution >= 4 is 13.2 Å². The van der Waals surface area contributed by atoms with E-state index in [9.17, 15) is 0 Å². The van der Waals surface area contributed by atoms with Gasteiger partial charge in [-0.25, -0.2) is 0 Å². The first-order chi connectivity index (χ1) is 12.3. The van der Waals surface area contributed by atoms with Crippen LogP contribution in [0.15, 0.2) is 18.2 Å². The Labute approximate surface area is 154 Å². The second kappa shape index (κ2) is 9.78. The smallest absolute Gasteiger partial charge is 0.188 e. The van der Waals surface area contributed by atoms with Crippen LogP contribution in [0, 0.1) is 0 Å². The van der Waals surface area contributed by atoms with Gasteiger partial charge in [0.05, 0.1) is 7.11 Å². The molecule has 0 spiro atoms. The first-order valence-corrected chi connectivity index (χ1v) is 11.4. The van der Waals surface area contributed by atoms with Crippen LogP contribution in [-0.2, 0) is 4.74 Å². The molecule has 0 amide bonds. The molecule has 0 aromatic heterocycles. The number of ether oxygens (including phenoxy) is 3. The zero-order valence-corrected chi connectivity index (χ0v) is 16.7. The summed E-state index contributed by atoms with van der Waals surface area (Å²) in [6.45, 7) is 0.317. The van der Waals surface area contributed by atoms with Gasteiger partial charge in [0.2, 0.25) is 0 Å². The van der Waals surface area contributed by atoms with E-state index in [1.807, 2.05) is 6.07 Å². The number of benzene rings is 1. The molecule has 2 aliphatic carbocycles. The third-order valence-electron chi connectivity index (χ3n) is 5.71. The molecule has 0 unspecified atom stereocenters. The summed E-state index contributed by atoms with van der Waals surface area (Å²) in [6, 6.07) is 6.37. The molecular weight excluding hydrogens is 331 g/mol. The third-order valence-corrected chi connectivity index (χ3v) is 9.22. The Morgan fingerprint density at radius 1 is 0.880 bits per heavy atom. The molecule has 0 bridgehead atoms. The van der Waals surface area contributed by atoms with E-state index < -0.39 is 0 Å². The van der Waals surface area contributed by atoms with Gasteiger partial charge in [-0.05, 0) is 55.2 Å². The minimum Gasteiger partial charge on any atom is -0.497 e. The molecule has 4 heteroatoms. The molecule has 2 fully saturated rings. The van der Waals surface area contributed by atoms with Crippen molar-refractivity contribution in [3.63, 3.8) is 0 Å². The van der Waals surface area contributed by atoms with Gasteiger partial charge in [0, 0.05) is 12.4 Å². The minimum absolute atomic E-state index is 0.212. The van der Waals surface area contributed by atoms with Crippen LogP contribution < -0.4 is 14.8 Å². The Bertz CT molecular complexity index is 504. The summed E-state index contributed by atoms with van der Waals surface area (Å²) in [5, 5.41) is 1.42. The zero-order valence-electron chi connectivity index (χ0n) is 15.8. The zero-order chi connectivity index (χ0) is 17.5. The van der Waals surface area contributed by atoms with Gasteiger partial charge in [-0.2, -0.15) is 0 Å². The largest absolute Gasteiger partial charge is 0.497 e. The summed E-state index contributed by atoms with van der Waals surface area (Å²) >= 11 is 0. The lowest BCUT2D eigenvalue weighted by Crippen LogP contribution is -2.27. The van der Waals surface area contributed by atoms with Crippen LogP contribution in [0.1, 0.15) is 64.2 Å². The van der Waals surface area contributed by atoms with Crippen LogP contribution >= 0.6 is 7.92 Å². The van der Waals surface area contributed by atoms with Crippen molar-refractivity contribution in [3.05, 3.63) is 18.2 Å². The van der Waals surface area contributed by atoms with Crippen LogP contribution in [0.5, 0.6) is 11.5 Å². The maximum Gasteiger partial charge on any atom is 0.188 e. The van der Waals surface area contributed by atoms with Crippen LogP contribution in [0.3, 0.4) is 0 Å². The van der Waals surface area contributed by atoms with E-state index in [2.05, 4.69) is 12.1 Å². The molecule has 0 saturated heterocycles. The van der Waals surface area contributed by atoms with E-state index in [0.29, 0.717) is 6.79 Å². The predicted octanol–water partition coefficient (Wildman–Crippen LogP) is 5.45.